The molecule has 3 heterocycles. The predicted octanol–water partition coefficient (Wildman–Crippen LogP) is 4.46. The second kappa shape index (κ2) is 6.99. The summed E-state index contributed by atoms with van der Waals surface area (Å²) in [6.45, 7) is 5.62. The standard InChI is InChI=1S/C24H24N2O3/c1-16-12-20(17(2)26(16)19-9-10-23-24(13-19)29-15-28-23)22(27)14-25-11-5-7-18-6-3-4-8-21(18)25/h3-4,6,8-10,12-13H,5,7,11,14-15H2,1-2H3. The first kappa shape index (κ1) is 17.9. The number of anilines is 1. The summed E-state index contributed by atoms with van der Waals surface area (Å²) in [4.78, 5) is 15.4. The third kappa shape index (κ3) is 3.07. The van der Waals surface area contributed by atoms with Crippen LogP contribution in [0.4, 0.5) is 5.69 Å². The Kier molecular flexibility index (Phi) is 4.31. The van der Waals surface area contributed by atoms with Gasteiger partial charge < -0.3 is 18.9 Å². The van der Waals surface area contributed by atoms with Gasteiger partial charge in [-0.05, 0) is 56.5 Å². The molecule has 0 spiro atoms. The van der Waals surface area contributed by atoms with Gasteiger partial charge in [0.2, 0.25) is 6.79 Å². The average molecular weight is 388 g/mol. The first-order valence-corrected chi connectivity index (χ1v) is 10.1. The third-order valence-electron chi connectivity index (χ3n) is 5.89. The highest BCUT2D eigenvalue weighted by atomic mass is 16.7. The lowest BCUT2D eigenvalue weighted by Crippen LogP contribution is -2.34. The average Bonchev–Trinajstić information content (AvgIpc) is 3.31. The summed E-state index contributed by atoms with van der Waals surface area (Å²) in [6.07, 6.45) is 2.17. The van der Waals surface area contributed by atoms with E-state index in [1.165, 1.54) is 11.3 Å². The molecule has 2 aliphatic heterocycles. The number of carbonyl (C=O) groups excluding carboxylic acids is 1. The quantitative estimate of drug-likeness (QED) is 0.619. The van der Waals surface area contributed by atoms with Gasteiger partial charge in [0.25, 0.3) is 0 Å². The van der Waals surface area contributed by atoms with Crippen LogP contribution in [0.3, 0.4) is 0 Å². The van der Waals surface area contributed by atoms with Crippen LogP contribution in [0.5, 0.6) is 11.5 Å². The van der Waals surface area contributed by atoms with Crippen LogP contribution in [0.1, 0.15) is 33.7 Å². The van der Waals surface area contributed by atoms with Crippen LogP contribution in [0.2, 0.25) is 0 Å². The van der Waals surface area contributed by atoms with Gasteiger partial charge in [0.05, 0.1) is 6.54 Å². The zero-order valence-corrected chi connectivity index (χ0v) is 16.8. The lowest BCUT2D eigenvalue weighted by atomic mass is 10.0. The van der Waals surface area contributed by atoms with Crippen LogP contribution in [0.15, 0.2) is 48.5 Å². The zero-order valence-electron chi connectivity index (χ0n) is 16.8. The number of ketones is 1. The molecule has 0 fully saturated rings. The molecule has 0 saturated heterocycles. The number of aromatic nitrogens is 1. The summed E-state index contributed by atoms with van der Waals surface area (Å²) in [6, 6.07) is 16.3. The highest BCUT2D eigenvalue weighted by molar-refractivity contribution is 6.00. The van der Waals surface area contributed by atoms with Crippen molar-refractivity contribution in [3.63, 3.8) is 0 Å². The Labute approximate surface area is 170 Å². The van der Waals surface area contributed by atoms with Gasteiger partial charge >= 0.3 is 0 Å². The van der Waals surface area contributed by atoms with E-state index < -0.39 is 0 Å². The number of carbonyl (C=O) groups is 1. The van der Waals surface area contributed by atoms with Crippen LogP contribution in [-0.2, 0) is 6.42 Å². The molecular formula is C24H24N2O3. The van der Waals surface area contributed by atoms with Crippen LogP contribution in [0.25, 0.3) is 5.69 Å². The topological polar surface area (TPSA) is 43.7 Å². The van der Waals surface area contributed by atoms with Gasteiger partial charge in [-0.3, -0.25) is 4.79 Å². The van der Waals surface area contributed by atoms with Crippen LogP contribution in [0, 0.1) is 13.8 Å². The molecule has 0 saturated carbocycles. The van der Waals surface area contributed by atoms with E-state index >= 15 is 0 Å². The maximum atomic E-state index is 13.2. The second-order valence-electron chi connectivity index (χ2n) is 7.73. The van der Waals surface area contributed by atoms with Crippen molar-refractivity contribution in [1.29, 1.82) is 0 Å². The maximum Gasteiger partial charge on any atom is 0.231 e. The van der Waals surface area contributed by atoms with E-state index in [0.29, 0.717) is 6.54 Å². The lowest BCUT2D eigenvalue weighted by Gasteiger charge is -2.30. The molecule has 29 heavy (non-hydrogen) atoms. The number of Topliss-reactive ketones (excluding diaryl/α,β-unsaturated/α-hetero) is 1. The first-order chi connectivity index (χ1) is 14.1. The van der Waals surface area contributed by atoms with Crippen molar-refractivity contribution < 1.29 is 14.3 Å². The normalized spacial score (nSPS) is 14.8. The van der Waals surface area contributed by atoms with Crippen molar-refractivity contribution in [2.75, 3.05) is 24.8 Å². The molecule has 5 heteroatoms. The minimum atomic E-state index is 0.154. The van der Waals surface area contributed by atoms with Gasteiger partial charge in [-0.1, -0.05) is 18.2 Å². The molecule has 0 atom stereocenters. The second-order valence-corrected chi connectivity index (χ2v) is 7.73. The largest absolute Gasteiger partial charge is 0.454 e. The molecule has 3 aromatic rings. The van der Waals surface area contributed by atoms with Crippen molar-refractivity contribution in [2.45, 2.75) is 26.7 Å². The van der Waals surface area contributed by atoms with Crippen LogP contribution < -0.4 is 14.4 Å². The summed E-state index contributed by atoms with van der Waals surface area (Å²) in [5.74, 6) is 1.66. The molecule has 1 aromatic heterocycles. The van der Waals surface area contributed by atoms with E-state index in [-0.39, 0.29) is 12.6 Å². The fraction of sp³-hybridized carbons (Fsp3) is 0.292. The third-order valence-corrected chi connectivity index (χ3v) is 5.89. The summed E-state index contributed by atoms with van der Waals surface area (Å²) in [7, 11) is 0. The van der Waals surface area contributed by atoms with E-state index in [0.717, 1.165) is 53.5 Å². The number of hydrogen-bond donors (Lipinski definition) is 0. The van der Waals surface area contributed by atoms with Gasteiger partial charge in [-0.15, -0.1) is 0 Å². The Hall–Kier alpha value is -3.21. The van der Waals surface area contributed by atoms with Crippen LogP contribution >= 0.6 is 0 Å². The predicted molar refractivity (Wildman–Crippen MR) is 113 cm³/mol. The Balaban J connectivity index is 1.44. The maximum absolute atomic E-state index is 13.2. The van der Waals surface area contributed by atoms with Gasteiger partial charge in [0, 0.05) is 40.9 Å². The van der Waals surface area contributed by atoms with E-state index in [9.17, 15) is 4.79 Å². The molecule has 0 amide bonds. The molecule has 0 bridgehead atoms. The number of rotatable bonds is 4. The molecule has 0 N–H and O–H groups in total. The highest BCUT2D eigenvalue weighted by Crippen LogP contribution is 2.35. The van der Waals surface area contributed by atoms with Crippen molar-refractivity contribution in [1.82, 2.24) is 4.57 Å². The van der Waals surface area contributed by atoms with E-state index in [1.807, 2.05) is 44.2 Å². The van der Waals surface area contributed by atoms with E-state index in [2.05, 4.69) is 27.7 Å². The number of para-hydroxylation sites is 1. The fourth-order valence-electron chi connectivity index (χ4n) is 4.50. The molecule has 5 nitrogen and oxygen atoms in total. The van der Waals surface area contributed by atoms with Crippen molar-refractivity contribution in [2.24, 2.45) is 0 Å². The minimum absolute atomic E-state index is 0.154. The Morgan fingerprint density at radius 2 is 1.86 bits per heavy atom. The van der Waals surface area contributed by atoms with Crippen LogP contribution in [-0.4, -0.2) is 30.2 Å². The first-order valence-electron chi connectivity index (χ1n) is 10.1. The number of hydrogen-bond acceptors (Lipinski definition) is 4. The minimum Gasteiger partial charge on any atom is -0.454 e. The molecule has 0 aliphatic carbocycles. The molecule has 2 aliphatic rings. The zero-order chi connectivity index (χ0) is 20.0. The van der Waals surface area contributed by atoms with E-state index in [1.54, 1.807) is 0 Å². The highest BCUT2D eigenvalue weighted by Gasteiger charge is 2.23. The van der Waals surface area contributed by atoms with Gasteiger partial charge in [-0.25, -0.2) is 0 Å². The number of benzene rings is 2. The molecule has 0 radical (unpaired) electrons. The van der Waals surface area contributed by atoms with E-state index in [4.69, 9.17) is 9.47 Å². The monoisotopic (exact) mass is 388 g/mol. The van der Waals surface area contributed by atoms with Crippen molar-refractivity contribution in [3.8, 4) is 17.2 Å². The number of nitrogens with zero attached hydrogens (tertiary/aromatic N) is 2. The fourth-order valence-corrected chi connectivity index (χ4v) is 4.50. The Morgan fingerprint density at radius 3 is 2.76 bits per heavy atom. The van der Waals surface area contributed by atoms with Gasteiger partial charge in [0.1, 0.15) is 0 Å². The molecule has 5 rings (SSSR count). The Morgan fingerprint density at radius 1 is 1.03 bits per heavy atom. The molecule has 148 valence electrons. The summed E-state index contributed by atoms with van der Waals surface area (Å²) >= 11 is 0. The van der Waals surface area contributed by atoms with Crippen molar-refractivity contribution in [3.05, 3.63) is 71.0 Å². The van der Waals surface area contributed by atoms with Gasteiger partial charge in [-0.2, -0.15) is 0 Å². The van der Waals surface area contributed by atoms with Crippen molar-refractivity contribution >= 4 is 11.5 Å². The SMILES string of the molecule is Cc1cc(C(=O)CN2CCCc3ccccc32)c(C)n1-c1ccc2c(c1)OCO2. The molecular weight excluding hydrogens is 364 g/mol. The molecule has 2 aromatic carbocycles. The summed E-state index contributed by atoms with van der Waals surface area (Å²) in [5.41, 5.74) is 6.27. The number of aryl methyl sites for hydroxylation is 2. The Bertz CT molecular complexity index is 1100. The number of ether oxygens (including phenoxy) is 2. The van der Waals surface area contributed by atoms with Gasteiger partial charge in [0.15, 0.2) is 17.3 Å². The summed E-state index contributed by atoms with van der Waals surface area (Å²) in [5, 5.41) is 0. The smallest absolute Gasteiger partial charge is 0.231 e. The molecule has 0 unspecified atom stereocenters. The lowest BCUT2D eigenvalue weighted by molar-refractivity contribution is 0.0998. The summed E-state index contributed by atoms with van der Waals surface area (Å²) < 4.78 is 13.0. The number of fused-ring (bicyclic) bond motifs is 2.